The van der Waals surface area contributed by atoms with Gasteiger partial charge in [0.25, 0.3) is 0 Å². The molecule has 0 amide bonds. The Morgan fingerprint density at radius 2 is 1.60 bits per heavy atom. The number of nitrogens with zero attached hydrogens (tertiary/aromatic N) is 1. The Bertz CT molecular complexity index is 569. The molecule has 25 heavy (non-hydrogen) atoms. The zero-order valence-corrected chi connectivity index (χ0v) is 15.3. The van der Waals surface area contributed by atoms with E-state index in [1.54, 1.807) is 0 Å². The molecule has 0 radical (unpaired) electrons. The van der Waals surface area contributed by atoms with E-state index >= 15 is 0 Å². The fraction of sp³-hybridized carbons (Fsp3) is 0.682. The van der Waals surface area contributed by atoms with Gasteiger partial charge in [-0.25, -0.2) is 0 Å². The number of benzene rings is 1. The number of ether oxygens (including phenoxy) is 1. The Morgan fingerprint density at radius 3 is 2.20 bits per heavy atom. The quantitative estimate of drug-likeness (QED) is 0.768. The lowest BCUT2D eigenvalue weighted by molar-refractivity contribution is -0.167. The molecule has 1 aromatic carbocycles. The van der Waals surface area contributed by atoms with E-state index in [1.165, 1.54) is 50.8 Å². The average Bonchev–Trinajstić information content (AvgIpc) is 2.64. The molecule has 136 valence electrons. The van der Waals surface area contributed by atoms with Gasteiger partial charge in [-0.1, -0.05) is 62.4 Å². The maximum Gasteiger partial charge on any atom is 0.316 e. The molecule has 0 N–H and O–H groups in total. The first-order valence-corrected chi connectivity index (χ1v) is 10.3. The summed E-state index contributed by atoms with van der Waals surface area (Å²) < 4.78 is 6.24. The van der Waals surface area contributed by atoms with E-state index in [4.69, 9.17) is 4.74 Å². The maximum atomic E-state index is 13.5. The molecule has 3 saturated heterocycles. The van der Waals surface area contributed by atoms with Crippen molar-refractivity contribution in [3.63, 3.8) is 0 Å². The molecule has 4 aliphatic rings. The van der Waals surface area contributed by atoms with Gasteiger partial charge in [0.2, 0.25) is 0 Å². The maximum absolute atomic E-state index is 13.5. The van der Waals surface area contributed by atoms with Crippen LogP contribution < -0.4 is 0 Å². The smallest absolute Gasteiger partial charge is 0.316 e. The van der Waals surface area contributed by atoms with Crippen LogP contribution in [0.5, 0.6) is 0 Å². The molecule has 1 saturated carbocycles. The lowest BCUT2D eigenvalue weighted by Gasteiger charge is -2.45. The summed E-state index contributed by atoms with van der Waals surface area (Å²) in [7, 11) is 0. The Hall–Kier alpha value is -1.35. The highest BCUT2D eigenvalue weighted by Gasteiger charge is 2.44. The van der Waals surface area contributed by atoms with Crippen molar-refractivity contribution in [3.8, 4) is 0 Å². The van der Waals surface area contributed by atoms with Crippen LogP contribution in [0.2, 0.25) is 0 Å². The molecule has 1 atom stereocenters. The molecule has 3 heteroatoms. The van der Waals surface area contributed by atoms with E-state index in [1.807, 2.05) is 6.07 Å². The van der Waals surface area contributed by atoms with Crippen molar-refractivity contribution in [1.82, 2.24) is 4.90 Å². The van der Waals surface area contributed by atoms with E-state index in [0.29, 0.717) is 5.92 Å². The van der Waals surface area contributed by atoms with Gasteiger partial charge in [-0.15, -0.1) is 0 Å². The minimum absolute atomic E-state index is 0.0550. The predicted octanol–water partition coefficient (Wildman–Crippen LogP) is 4.31. The van der Waals surface area contributed by atoms with Crippen LogP contribution in [0.25, 0.3) is 0 Å². The summed E-state index contributed by atoms with van der Waals surface area (Å²) in [6, 6.07) is 10.5. The van der Waals surface area contributed by atoms with Crippen LogP contribution in [0, 0.1) is 5.92 Å². The van der Waals surface area contributed by atoms with Gasteiger partial charge in [-0.2, -0.15) is 0 Å². The van der Waals surface area contributed by atoms with Gasteiger partial charge >= 0.3 is 5.97 Å². The molecular formula is C22H31NO2. The van der Waals surface area contributed by atoms with Gasteiger partial charge in [-0.3, -0.25) is 9.69 Å². The Morgan fingerprint density at radius 1 is 0.960 bits per heavy atom. The predicted molar refractivity (Wildman–Crippen MR) is 99.5 cm³/mol. The molecule has 0 aromatic heterocycles. The molecule has 0 spiro atoms. The van der Waals surface area contributed by atoms with Crippen molar-refractivity contribution in [2.45, 2.75) is 69.3 Å². The van der Waals surface area contributed by atoms with E-state index in [-0.39, 0.29) is 12.1 Å². The third-order valence-corrected chi connectivity index (χ3v) is 6.78. The van der Waals surface area contributed by atoms with Gasteiger partial charge in [0, 0.05) is 6.54 Å². The first kappa shape index (κ1) is 17.1. The van der Waals surface area contributed by atoms with E-state index in [0.717, 1.165) is 32.2 Å². The van der Waals surface area contributed by atoms with Crippen molar-refractivity contribution in [2.24, 2.45) is 5.92 Å². The molecule has 3 aliphatic heterocycles. The molecule has 1 aromatic rings. The second-order valence-corrected chi connectivity index (χ2v) is 8.30. The van der Waals surface area contributed by atoms with Crippen LogP contribution in [0.15, 0.2) is 30.3 Å². The van der Waals surface area contributed by atoms with E-state index < -0.39 is 5.41 Å². The zero-order valence-electron chi connectivity index (χ0n) is 15.3. The summed E-state index contributed by atoms with van der Waals surface area (Å²) in [4.78, 5) is 16.0. The van der Waals surface area contributed by atoms with Crippen LogP contribution in [-0.2, 0) is 14.9 Å². The van der Waals surface area contributed by atoms with Crippen LogP contribution in [0.1, 0.15) is 63.4 Å². The third-order valence-electron chi connectivity index (χ3n) is 6.78. The van der Waals surface area contributed by atoms with Crippen molar-refractivity contribution >= 4 is 5.97 Å². The average molecular weight is 341 g/mol. The molecule has 3 heterocycles. The molecule has 4 fully saturated rings. The molecule has 1 unspecified atom stereocenters. The molecule has 5 rings (SSSR count). The van der Waals surface area contributed by atoms with Crippen LogP contribution in [-0.4, -0.2) is 36.6 Å². The number of rotatable bonds is 3. The highest BCUT2D eigenvalue weighted by Crippen LogP contribution is 2.40. The second kappa shape index (κ2) is 7.49. The van der Waals surface area contributed by atoms with Crippen LogP contribution >= 0.6 is 0 Å². The number of esters is 1. The Labute approximate surface area is 151 Å². The first-order valence-electron chi connectivity index (χ1n) is 10.3. The van der Waals surface area contributed by atoms with Gasteiger partial charge in [0.15, 0.2) is 0 Å². The van der Waals surface area contributed by atoms with E-state index in [9.17, 15) is 4.79 Å². The number of carbonyl (C=O) groups excluding carboxylic acids is 1. The Balaban J connectivity index is 1.57. The van der Waals surface area contributed by atoms with Crippen molar-refractivity contribution < 1.29 is 9.53 Å². The number of fused-ring (bicyclic) bond motifs is 3. The third kappa shape index (κ3) is 3.48. The number of carbonyl (C=O) groups is 1. The fourth-order valence-corrected chi connectivity index (χ4v) is 5.17. The monoisotopic (exact) mass is 341 g/mol. The standard InChI is InChI=1S/C22H31NO2/c24-21(25-20-17-23-15-11-18(20)12-16-23)22(19-9-5-4-6-10-19)13-7-2-1-3-8-14-22/h4-6,9-10,18,20H,1-3,7-8,11-17H2. The normalized spacial score (nSPS) is 31.8. The lowest BCUT2D eigenvalue weighted by Crippen LogP contribution is -2.53. The SMILES string of the molecule is O=C(OC1CN2CCC1CC2)C1(c2ccccc2)CCCCCCC1. The largest absolute Gasteiger partial charge is 0.460 e. The topological polar surface area (TPSA) is 29.5 Å². The van der Waals surface area contributed by atoms with Crippen LogP contribution in [0.4, 0.5) is 0 Å². The second-order valence-electron chi connectivity index (χ2n) is 8.30. The summed E-state index contributed by atoms with van der Waals surface area (Å²) in [6.07, 6.45) is 10.4. The van der Waals surface area contributed by atoms with E-state index in [2.05, 4.69) is 29.2 Å². The Kier molecular flexibility index (Phi) is 5.12. The number of hydrogen-bond donors (Lipinski definition) is 0. The van der Waals surface area contributed by atoms with Gasteiger partial charge in [0.1, 0.15) is 6.10 Å². The minimum Gasteiger partial charge on any atom is -0.460 e. The summed E-state index contributed by atoms with van der Waals surface area (Å²) in [6.45, 7) is 3.31. The minimum atomic E-state index is -0.423. The first-order chi connectivity index (χ1) is 12.3. The van der Waals surface area contributed by atoms with Crippen molar-refractivity contribution in [1.29, 1.82) is 0 Å². The highest BCUT2D eigenvalue weighted by molar-refractivity contribution is 5.83. The summed E-state index contributed by atoms with van der Waals surface area (Å²) in [5, 5.41) is 0. The van der Waals surface area contributed by atoms with Gasteiger partial charge < -0.3 is 4.74 Å². The molecule has 3 nitrogen and oxygen atoms in total. The zero-order chi connectivity index (χ0) is 17.1. The summed E-state index contributed by atoms with van der Waals surface area (Å²) in [5.41, 5.74) is 0.747. The molecular weight excluding hydrogens is 310 g/mol. The van der Waals surface area contributed by atoms with Gasteiger partial charge in [-0.05, 0) is 50.3 Å². The number of piperidine rings is 3. The lowest BCUT2D eigenvalue weighted by atomic mass is 9.71. The summed E-state index contributed by atoms with van der Waals surface area (Å²) in [5.74, 6) is 0.634. The van der Waals surface area contributed by atoms with Crippen molar-refractivity contribution in [3.05, 3.63) is 35.9 Å². The molecule has 2 bridgehead atoms. The fourth-order valence-electron chi connectivity index (χ4n) is 5.17. The van der Waals surface area contributed by atoms with Crippen molar-refractivity contribution in [2.75, 3.05) is 19.6 Å². The van der Waals surface area contributed by atoms with Gasteiger partial charge in [0.05, 0.1) is 5.41 Å². The molecule has 1 aliphatic carbocycles. The van der Waals surface area contributed by atoms with Crippen LogP contribution in [0.3, 0.4) is 0 Å². The highest BCUT2D eigenvalue weighted by atomic mass is 16.5. The number of hydrogen-bond acceptors (Lipinski definition) is 3. The summed E-state index contributed by atoms with van der Waals surface area (Å²) >= 11 is 0.